The standard InChI is InChI=1S/C20H37NO3/c1-5-6-7-8-9-10-11-12-13-14-15-16-20(24-19(4)23)17(2)21-18(3)22/h8-9,17,20H,5-7,10-16H2,1-4H3,(H,21,22)/b9-8-/t17-,20+/m0/s1. The van der Waals surface area contributed by atoms with Gasteiger partial charge in [-0.25, -0.2) is 0 Å². The van der Waals surface area contributed by atoms with Gasteiger partial charge in [0.1, 0.15) is 6.10 Å². The lowest BCUT2D eigenvalue weighted by molar-refractivity contribution is -0.148. The van der Waals surface area contributed by atoms with Gasteiger partial charge in [-0.1, -0.05) is 51.2 Å². The molecule has 4 heteroatoms. The summed E-state index contributed by atoms with van der Waals surface area (Å²) in [7, 11) is 0. The molecule has 24 heavy (non-hydrogen) atoms. The van der Waals surface area contributed by atoms with Gasteiger partial charge in [0.25, 0.3) is 0 Å². The molecule has 1 amide bonds. The number of rotatable bonds is 14. The average molecular weight is 340 g/mol. The minimum atomic E-state index is -0.285. The third kappa shape index (κ3) is 14.3. The fraction of sp³-hybridized carbons (Fsp3) is 0.800. The van der Waals surface area contributed by atoms with E-state index in [9.17, 15) is 9.59 Å². The Morgan fingerprint density at radius 2 is 1.54 bits per heavy atom. The molecule has 0 aromatic carbocycles. The van der Waals surface area contributed by atoms with Crippen LogP contribution in [0.3, 0.4) is 0 Å². The van der Waals surface area contributed by atoms with E-state index in [2.05, 4.69) is 24.4 Å². The highest BCUT2D eigenvalue weighted by Crippen LogP contribution is 2.13. The fourth-order valence-electron chi connectivity index (χ4n) is 2.73. The third-order valence-corrected chi connectivity index (χ3v) is 4.06. The van der Waals surface area contributed by atoms with Gasteiger partial charge in [-0.15, -0.1) is 0 Å². The van der Waals surface area contributed by atoms with Crippen molar-refractivity contribution in [2.75, 3.05) is 0 Å². The van der Waals surface area contributed by atoms with Crippen LogP contribution in [-0.4, -0.2) is 24.0 Å². The van der Waals surface area contributed by atoms with Crippen molar-refractivity contribution in [2.24, 2.45) is 0 Å². The summed E-state index contributed by atoms with van der Waals surface area (Å²) in [5.41, 5.74) is 0. The predicted octanol–water partition coefficient (Wildman–Crippen LogP) is 4.92. The van der Waals surface area contributed by atoms with Crippen molar-refractivity contribution in [2.45, 2.75) is 104 Å². The zero-order chi connectivity index (χ0) is 18.2. The van der Waals surface area contributed by atoms with E-state index in [1.807, 2.05) is 6.92 Å². The quantitative estimate of drug-likeness (QED) is 0.278. The van der Waals surface area contributed by atoms with Gasteiger partial charge in [0.05, 0.1) is 6.04 Å². The van der Waals surface area contributed by atoms with Crippen LogP contribution in [-0.2, 0) is 14.3 Å². The van der Waals surface area contributed by atoms with Gasteiger partial charge in [-0.05, 0) is 39.0 Å². The van der Waals surface area contributed by atoms with Crippen LogP contribution in [0.5, 0.6) is 0 Å². The number of esters is 1. The zero-order valence-electron chi connectivity index (χ0n) is 16.1. The van der Waals surface area contributed by atoms with E-state index < -0.39 is 0 Å². The molecule has 0 aliphatic heterocycles. The second-order valence-corrected chi connectivity index (χ2v) is 6.60. The summed E-state index contributed by atoms with van der Waals surface area (Å²) in [5, 5.41) is 2.81. The summed E-state index contributed by atoms with van der Waals surface area (Å²) < 4.78 is 5.34. The molecular weight excluding hydrogens is 302 g/mol. The molecule has 0 radical (unpaired) electrons. The monoisotopic (exact) mass is 339 g/mol. The first-order chi connectivity index (χ1) is 11.5. The number of carbonyl (C=O) groups excluding carboxylic acids is 2. The molecule has 140 valence electrons. The first-order valence-electron chi connectivity index (χ1n) is 9.56. The van der Waals surface area contributed by atoms with E-state index in [1.54, 1.807) is 0 Å². The number of carbonyl (C=O) groups is 2. The summed E-state index contributed by atoms with van der Waals surface area (Å²) in [4.78, 5) is 22.4. The SMILES string of the molecule is CCCC/C=C\CCCCCCC[C@@H](OC(C)=O)[C@H](C)NC(C)=O. The first-order valence-corrected chi connectivity index (χ1v) is 9.56. The lowest BCUT2D eigenvalue weighted by Crippen LogP contribution is -2.42. The molecule has 0 saturated heterocycles. The average Bonchev–Trinajstić information content (AvgIpc) is 2.50. The van der Waals surface area contributed by atoms with Gasteiger partial charge < -0.3 is 10.1 Å². The first kappa shape index (κ1) is 22.7. The van der Waals surface area contributed by atoms with E-state index in [1.165, 1.54) is 58.8 Å². The Morgan fingerprint density at radius 1 is 0.958 bits per heavy atom. The molecular formula is C20H37NO3. The van der Waals surface area contributed by atoms with E-state index in [0.717, 1.165) is 19.3 Å². The highest BCUT2D eigenvalue weighted by Gasteiger charge is 2.20. The molecule has 1 N–H and O–H groups in total. The van der Waals surface area contributed by atoms with Crippen LogP contribution in [0, 0.1) is 0 Å². The Labute approximate surface area is 148 Å². The van der Waals surface area contributed by atoms with E-state index in [4.69, 9.17) is 4.74 Å². The van der Waals surface area contributed by atoms with Crippen molar-refractivity contribution in [1.82, 2.24) is 5.32 Å². The molecule has 0 aliphatic carbocycles. The van der Waals surface area contributed by atoms with Gasteiger partial charge in [0.2, 0.25) is 5.91 Å². The maximum Gasteiger partial charge on any atom is 0.302 e. The van der Waals surface area contributed by atoms with Crippen molar-refractivity contribution in [3.8, 4) is 0 Å². The Balaban J connectivity index is 3.77. The van der Waals surface area contributed by atoms with Gasteiger partial charge in [-0.2, -0.15) is 0 Å². The van der Waals surface area contributed by atoms with E-state index >= 15 is 0 Å². The highest BCUT2D eigenvalue weighted by molar-refractivity contribution is 5.73. The number of hydrogen-bond donors (Lipinski definition) is 1. The molecule has 0 rings (SSSR count). The van der Waals surface area contributed by atoms with Crippen molar-refractivity contribution < 1.29 is 14.3 Å². The molecule has 0 aromatic heterocycles. The molecule has 0 spiro atoms. The van der Waals surface area contributed by atoms with Crippen LogP contribution >= 0.6 is 0 Å². The number of ether oxygens (including phenoxy) is 1. The van der Waals surface area contributed by atoms with Crippen molar-refractivity contribution in [3.63, 3.8) is 0 Å². The molecule has 4 nitrogen and oxygen atoms in total. The summed E-state index contributed by atoms with van der Waals surface area (Å²) in [6, 6.07) is -0.139. The van der Waals surface area contributed by atoms with E-state index in [0.29, 0.717) is 0 Å². The highest BCUT2D eigenvalue weighted by atomic mass is 16.5. The van der Waals surface area contributed by atoms with Crippen molar-refractivity contribution >= 4 is 11.9 Å². The molecule has 0 unspecified atom stereocenters. The van der Waals surface area contributed by atoms with Crippen LogP contribution < -0.4 is 5.32 Å². The van der Waals surface area contributed by atoms with Crippen LogP contribution in [0.25, 0.3) is 0 Å². The maximum atomic E-state index is 11.2. The molecule has 2 atom stereocenters. The van der Waals surface area contributed by atoms with Crippen LogP contribution in [0.15, 0.2) is 12.2 Å². The summed E-state index contributed by atoms with van der Waals surface area (Å²) in [6.07, 6.45) is 16.0. The fourth-order valence-corrected chi connectivity index (χ4v) is 2.73. The second-order valence-electron chi connectivity index (χ2n) is 6.60. The second kappa shape index (κ2) is 15.2. The summed E-state index contributed by atoms with van der Waals surface area (Å²) in [6.45, 7) is 7.01. The number of allylic oxidation sites excluding steroid dienone is 2. The van der Waals surface area contributed by atoms with Crippen LogP contribution in [0.2, 0.25) is 0 Å². The minimum absolute atomic E-state index is 0.0911. The van der Waals surface area contributed by atoms with Crippen molar-refractivity contribution in [3.05, 3.63) is 12.2 Å². The molecule has 0 bridgehead atoms. The van der Waals surface area contributed by atoms with Gasteiger partial charge in [0, 0.05) is 13.8 Å². The van der Waals surface area contributed by atoms with Crippen LogP contribution in [0.4, 0.5) is 0 Å². The van der Waals surface area contributed by atoms with Crippen molar-refractivity contribution in [1.29, 1.82) is 0 Å². The number of hydrogen-bond acceptors (Lipinski definition) is 3. The maximum absolute atomic E-state index is 11.2. The predicted molar refractivity (Wildman–Crippen MR) is 99.8 cm³/mol. The Morgan fingerprint density at radius 3 is 2.12 bits per heavy atom. The van der Waals surface area contributed by atoms with E-state index in [-0.39, 0.29) is 24.0 Å². The zero-order valence-corrected chi connectivity index (χ0v) is 16.1. The largest absolute Gasteiger partial charge is 0.460 e. The Bertz CT molecular complexity index is 366. The summed E-state index contributed by atoms with van der Waals surface area (Å²) >= 11 is 0. The Kier molecular flexibility index (Phi) is 14.4. The molecule has 0 aliphatic rings. The van der Waals surface area contributed by atoms with Gasteiger partial charge in [-0.3, -0.25) is 9.59 Å². The lowest BCUT2D eigenvalue weighted by atomic mass is 10.0. The Hall–Kier alpha value is -1.32. The molecule has 0 aromatic rings. The normalized spacial score (nSPS) is 13.7. The molecule has 0 heterocycles. The lowest BCUT2D eigenvalue weighted by Gasteiger charge is -2.24. The molecule has 0 fully saturated rings. The van der Waals surface area contributed by atoms with Gasteiger partial charge >= 0.3 is 5.97 Å². The number of nitrogens with one attached hydrogen (secondary N) is 1. The number of unbranched alkanes of at least 4 members (excludes halogenated alkanes) is 7. The van der Waals surface area contributed by atoms with Crippen LogP contribution in [0.1, 0.15) is 91.9 Å². The smallest absolute Gasteiger partial charge is 0.302 e. The molecule has 0 saturated carbocycles. The van der Waals surface area contributed by atoms with Gasteiger partial charge in [0.15, 0.2) is 0 Å². The topological polar surface area (TPSA) is 55.4 Å². The minimum Gasteiger partial charge on any atom is -0.460 e. The third-order valence-electron chi connectivity index (χ3n) is 4.06. The summed E-state index contributed by atoms with van der Waals surface area (Å²) in [5.74, 6) is -0.376. The number of amides is 1.